The predicted octanol–water partition coefficient (Wildman–Crippen LogP) is 4.84. The number of benzene rings is 2. The average Bonchev–Trinajstić information content (AvgIpc) is 3.13. The van der Waals surface area contributed by atoms with Gasteiger partial charge in [0.2, 0.25) is 11.8 Å². The first-order chi connectivity index (χ1) is 15.7. The monoisotopic (exact) mass is 478 g/mol. The van der Waals surface area contributed by atoms with Crippen LogP contribution in [0.5, 0.6) is 0 Å². The van der Waals surface area contributed by atoms with Gasteiger partial charge in [0.05, 0.1) is 17.0 Å². The van der Waals surface area contributed by atoms with Gasteiger partial charge in [0, 0.05) is 22.9 Å². The Morgan fingerprint density at radius 3 is 2.30 bits per heavy atom. The number of nitrogens with zero attached hydrogens (tertiary/aromatic N) is 1. The molecule has 2 aromatic carbocycles. The summed E-state index contributed by atoms with van der Waals surface area (Å²) in [5.41, 5.74) is 2.53. The molecule has 33 heavy (non-hydrogen) atoms. The number of halogens is 3. The third-order valence-corrected chi connectivity index (χ3v) is 6.29. The van der Waals surface area contributed by atoms with E-state index in [1.54, 1.807) is 6.92 Å². The molecule has 9 heteroatoms. The Kier molecular flexibility index (Phi) is 8.07. The Hall–Kier alpha value is -2.94. The molecule has 1 amide bonds. The van der Waals surface area contributed by atoms with E-state index in [9.17, 15) is 22.2 Å². The Morgan fingerprint density at radius 2 is 1.70 bits per heavy atom. The van der Waals surface area contributed by atoms with E-state index in [0.29, 0.717) is 29.3 Å². The van der Waals surface area contributed by atoms with Gasteiger partial charge in [0.25, 0.3) is 0 Å². The molecule has 3 aromatic rings. The zero-order valence-corrected chi connectivity index (χ0v) is 19.2. The van der Waals surface area contributed by atoms with Gasteiger partial charge in [-0.1, -0.05) is 31.2 Å². The first-order valence-electron chi connectivity index (χ1n) is 10.5. The number of hydrogen-bond acceptors (Lipinski definition) is 4. The summed E-state index contributed by atoms with van der Waals surface area (Å²) in [6.07, 6.45) is -3.07. The van der Waals surface area contributed by atoms with E-state index in [4.69, 9.17) is 4.42 Å². The van der Waals surface area contributed by atoms with Gasteiger partial charge in [-0.05, 0) is 55.2 Å². The number of carbonyl (C=O) groups excluding carboxylic acids is 1. The van der Waals surface area contributed by atoms with Crippen LogP contribution in [0.25, 0.3) is 11.5 Å². The van der Waals surface area contributed by atoms with Crippen LogP contribution < -0.4 is 5.32 Å². The van der Waals surface area contributed by atoms with E-state index in [1.807, 2.05) is 24.3 Å². The van der Waals surface area contributed by atoms with Crippen LogP contribution in [0.3, 0.4) is 0 Å². The van der Waals surface area contributed by atoms with Crippen molar-refractivity contribution in [2.24, 2.45) is 0 Å². The van der Waals surface area contributed by atoms with Crippen molar-refractivity contribution in [3.8, 4) is 11.5 Å². The van der Waals surface area contributed by atoms with E-state index in [0.717, 1.165) is 24.1 Å². The Labute approximate surface area is 192 Å². The minimum absolute atomic E-state index is 0.0920. The van der Waals surface area contributed by atoms with Crippen molar-refractivity contribution in [1.29, 1.82) is 0 Å². The number of aryl methyl sites for hydroxylation is 2. The Bertz CT molecular complexity index is 1110. The van der Waals surface area contributed by atoms with Crippen molar-refractivity contribution in [2.45, 2.75) is 38.6 Å². The number of oxazole rings is 1. The molecule has 0 spiro atoms. The van der Waals surface area contributed by atoms with Gasteiger partial charge in [-0.15, -0.1) is 0 Å². The number of hydrogen-bond donors (Lipinski definition) is 1. The van der Waals surface area contributed by atoms with Crippen LogP contribution in [0.15, 0.2) is 52.9 Å². The highest BCUT2D eigenvalue weighted by atomic mass is 32.2. The molecule has 176 valence electrons. The number of aromatic nitrogens is 1. The normalized spacial score (nSPS) is 12.5. The van der Waals surface area contributed by atoms with Gasteiger partial charge in [-0.25, -0.2) is 4.98 Å². The third-order valence-electron chi connectivity index (χ3n) is 5.11. The maximum atomic E-state index is 12.6. The molecule has 1 aromatic heterocycles. The van der Waals surface area contributed by atoms with Gasteiger partial charge in [0.1, 0.15) is 11.5 Å². The lowest BCUT2D eigenvalue weighted by atomic mass is 10.1. The second kappa shape index (κ2) is 10.8. The van der Waals surface area contributed by atoms with Gasteiger partial charge in [-0.3, -0.25) is 9.00 Å². The fraction of sp³-hybridized carbons (Fsp3) is 0.333. The van der Waals surface area contributed by atoms with Crippen LogP contribution in [0.1, 0.15) is 35.1 Å². The fourth-order valence-electron chi connectivity index (χ4n) is 3.18. The second-order valence-electron chi connectivity index (χ2n) is 7.60. The van der Waals surface area contributed by atoms with Crippen LogP contribution in [0.2, 0.25) is 0 Å². The van der Waals surface area contributed by atoms with Crippen LogP contribution in [0.4, 0.5) is 13.2 Å². The van der Waals surface area contributed by atoms with Crippen LogP contribution in [-0.4, -0.2) is 27.4 Å². The summed E-state index contributed by atoms with van der Waals surface area (Å²) in [4.78, 5) is 16.5. The average molecular weight is 479 g/mol. The molecule has 0 saturated heterocycles. The molecule has 1 N–H and O–H groups in total. The first-order valence-corrected chi connectivity index (χ1v) is 12.0. The van der Waals surface area contributed by atoms with Gasteiger partial charge in [0.15, 0.2) is 0 Å². The molecule has 1 unspecified atom stereocenters. The smallest absolute Gasteiger partial charge is 0.416 e. The van der Waals surface area contributed by atoms with Gasteiger partial charge < -0.3 is 9.73 Å². The summed E-state index contributed by atoms with van der Waals surface area (Å²) in [5, 5.41) is 2.65. The number of rotatable bonds is 9. The quantitative estimate of drug-likeness (QED) is 0.478. The molecule has 0 aliphatic rings. The summed E-state index contributed by atoms with van der Waals surface area (Å²) in [6.45, 7) is 4.05. The molecular formula is C24H25F3N2O3S. The minimum atomic E-state index is -4.38. The van der Waals surface area contributed by atoms with Crippen LogP contribution >= 0.6 is 0 Å². The lowest BCUT2D eigenvalue weighted by Crippen LogP contribution is -2.30. The minimum Gasteiger partial charge on any atom is -0.441 e. The SMILES string of the molecule is CCc1ccc(-c2nc(CS(=O)CC(=O)NCCc3ccc(C(F)(F)F)cc3)c(C)o2)cc1. The standard InChI is InChI=1S/C24H25F3N2O3S/c1-3-17-4-8-19(9-5-17)23-29-21(16(2)32-23)14-33(31)15-22(30)28-13-12-18-6-10-20(11-7-18)24(25,26)27/h4-11H,3,12-15H2,1-2H3,(H,28,30). The summed E-state index contributed by atoms with van der Waals surface area (Å²) < 4.78 is 55.9. The molecule has 0 fully saturated rings. The van der Waals surface area contributed by atoms with E-state index in [2.05, 4.69) is 17.2 Å². The lowest BCUT2D eigenvalue weighted by molar-refractivity contribution is -0.137. The number of carbonyl (C=O) groups is 1. The summed E-state index contributed by atoms with van der Waals surface area (Å²) in [7, 11) is -1.48. The largest absolute Gasteiger partial charge is 0.441 e. The van der Waals surface area contributed by atoms with E-state index in [-0.39, 0.29) is 18.1 Å². The van der Waals surface area contributed by atoms with Crippen molar-refractivity contribution in [2.75, 3.05) is 12.3 Å². The molecule has 3 rings (SSSR count). The molecular weight excluding hydrogens is 453 g/mol. The summed E-state index contributed by atoms with van der Waals surface area (Å²) >= 11 is 0. The van der Waals surface area contributed by atoms with Crippen molar-refractivity contribution in [3.63, 3.8) is 0 Å². The molecule has 1 atom stereocenters. The van der Waals surface area contributed by atoms with Gasteiger partial charge in [-0.2, -0.15) is 13.2 Å². The van der Waals surface area contributed by atoms with Gasteiger partial charge >= 0.3 is 6.18 Å². The van der Waals surface area contributed by atoms with E-state index >= 15 is 0 Å². The molecule has 0 saturated carbocycles. The second-order valence-corrected chi connectivity index (χ2v) is 9.05. The number of alkyl halides is 3. The Balaban J connectivity index is 1.47. The van der Waals surface area contributed by atoms with Crippen molar-refractivity contribution >= 4 is 16.7 Å². The number of nitrogens with one attached hydrogen (secondary N) is 1. The summed E-state index contributed by atoms with van der Waals surface area (Å²) in [5.74, 6) is 0.509. The highest BCUT2D eigenvalue weighted by molar-refractivity contribution is 7.84. The molecule has 0 aliphatic carbocycles. The Morgan fingerprint density at radius 1 is 1.06 bits per heavy atom. The van der Waals surface area contributed by atoms with E-state index in [1.165, 1.54) is 17.7 Å². The number of amides is 1. The highest BCUT2D eigenvalue weighted by Gasteiger charge is 2.29. The third kappa shape index (κ3) is 7.02. The fourth-order valence-corrected chi connectivity index (χ4v) is 4.25. The molecule has 0 radical (unpaired) electrons. The van der Waals surface area contributed by atoms with Crippen molar-refractivity contribution < 1.29 is 26.6 Å². The van der Waals surface area contributed by atoms with Crippen LogP contribution in [0, 0.1) is 6.92 Å². The lowest BCUT2D eigenvalue weighted by Gasteiger charge is -2.08. The molecule has 0 bridgehead atoms. The highest BCUT2D eigenvalue weighted by Crippen LogP contribution is 2.29. The maximum Gasteiger partial charge on any atom is 0.416 e. The zero-order chi connectivity index (χ0) is 24.0. The molecule has 1 heterocycles. The maximum absolute atomic E-state index is 12.6. The van der Waals surface area contributed by atoms with E-state index < -0.39 is 28.4 Å². The first kappa shape index (κ1) is 24.7. The summed E-state index contributed by atoms with van der Waals surface area (Å²) in [6, 6.07) is 12.6. The predicted molar refractivity (Wildman–Crippen MR) is 121 cm³/mol. The van der Waals surface area contributed by atoms with Crippen LogP contribution in [-0.2, 0) is 40.4 Å². The molecule has 0 aliphatic heterocycles. The zero-order valence-electron chi connectivity index (χ0n) is 18.4. The molecule has 5 nitrogen and oxygen atoms in total. The van der Waals surface area contributed by atoms with Crippen molar-refractivity contribution in [3.05, 3.63) is 76.7 Å². The topological polar surface area (TPSA) is 72.2 Å². The van der Waals surface area contributed by atoms with Crippen molar-refractivity contribution in [1.82, 2.24) is 10.3 Å².